The summed E-state index contributed by atoms with van der Waals surface area (Å²) in [4.78, 5) is 52.6. The van der Waals surface area contributed by atoms with Gasteiger partial charge in [0.2, 0.25) is 11.8 Å². The van der Waals surface area contributed by atoms with Crippen LogP contribution in [0, 0.1) is 5.92 Å². The number of fused-ring (bicyclic) bond motifs is 1. The topological polar surface area (TPSA) is 84.0 Å². The van der Waals surface area contributed by atoms with E-state index in [1.165, 1.54) is 14.1 Å². The second-order valence-electron chi connectivity index (χ2n) is 6.93. The van der Waals surface area contributed by atoms with Crippen molar-refractivity contribution >= 4 is 39.6 Å². The number of imide groups is 2. The number of urea groups is 1. The summed E-state index contributed by atoms with van der Waals surface area (Å²) in [6.45, 7) is 0. The zero-order valence-electron chi connectivity index (χ0n) is 14.8. The molecular weight excluding hydrogens is 416 g/mol. The number of hydrogen-bond donors (Lipinski definition) is 0. The molecule has 1 aromatic rings. The van der Waals surface area contributed by atoms with Crippen LogP contribution < -0.4 is 4.74 Å². The normalized spacial score (nSPS) is 23.4. The Morgan fingerprint density at radius 3 is 2.33 bits per heavy atom. The van der Waals surface area contributed by atoms with Crippen molar-refractivity contribution in [2.45, 2.75) is 25.2 Å². The molecule has 0 N–H and O–H groups in total. The maximum Gasteiger partial charge on any atom is 0.332 e. The predicted molar refractivity (Wildman–Crippen MR) is 97.8 cm³/mol. The Labute approximate surface area is 164 Å². The summed E-state index contributed by atoms with van der Waals surface area (Å²) in [6.07, 6.45) is 1.59. The Bertz CT molecular complexity index is 914. The first-order chi connectivity index (χ1) is 12.8. The molecule has 8 heteroatoms. The summed E-state index contributed by atoms with van der Waals surface area (Å²) >= 11 is 3.41. The fraction of sp³-hybridized carbons (Fsp3) is 0.368. The number of nitrogens with zero attached hydrogens (tertiary/aromatic N) is 2. The van der Waals surface area contributed by atoms with Crippen LogP contribution in [0.2, 0.25) is 0 Å². The van der Waals surface area contributed by atoms with Crippen LogP contribution in [0.15, 0.2) is 34.0 Å². The average Bonchev–Trinajstić information content (AvgIpc) is 2.65. The molecular formula is C19H17BrN2O5. The first kappa shape index (κ1) is 17.9. The minimum absolute atomic E-state index is 0.116. The number of ether oxygens (including phenoxy) is 1. The lowest BCUT2D eigenvalue weighted by molar-refractivity contribution is -0.148. The minimum Gasteiger partial charge on any atom is -0.461 e. The number of hydrogen-bond acceptors (Lipinski definition) is 5. The monoisotopic (exact) mass is 432 g/mol. The molecule has 1 fully saturated rings. The fourth-order valence-corrected chi connectivity index (χ4v) is 4.38. The molecule has 0 saturated carbocycles. The first-order valence-corrected chi connectivity index (χ1v) is 9.43. The standard InChI is InChI=1S/C19H17BrN2O5/c1-21-17(24)16(18(25)22(2)19(21)26)14-10-8-9(20)6-7-12(10)27-13-5-3-4-11(23)15(13)14/h6-8,14,16H,3-5H2,1-2H3. The summed E-state index contributed by atoms with van der Waals surface area (Å²) in [5, 5.41) is 0. The van der Waals surface area contributed by atoms with E-state index in [0.29, 0.717) is 41.9 Å². The Morgan fingerprint density at radius 2 is 1.67 bits per heavy atom. The molecule has 0 bridgehead atoms. The second-order valence-corrected chi connectivity index (χ2v) is 7.85. The zero-order valence-corrected chi connectivity index (χ0v) is 16.4. The number of benzene rings is 1. The lowest BCUT2D eigenvalue weighted by atomic mass is 9.72. The van der Waals surface area contributed by atoms with Crippen molar-refractivity contribution < 1.29 is 23.9 Å². The Kier molecular flexibility index (Phi) is 4.18. The summed E-state index contributed by atoms with van der Waals surface area (Å²) in [5.41, 5.74) is 0.982. The van der Waals surface area contributed by atoms with Crippen molar-refractivity contribution in [3.63, 3.8) is 0 Å². The number of carbonyl (C=O) groups is 4. The number of halogens is 1. The smallest absolute Gasteiger partial charge is 0.332 e. The van der Waals surface area contributed by atoms with Gasteiger partial charge in [-0.15, -0.1) is 0 Å². The van der Waals surface area contributed by atoms with E-state index in [2.05, 4.69) is 15.9 Å². The minimum atomic E-state index is -1.18. The highest BCUT2D eigenvalue weighted by molar-refractivity contribution is 9.10. The molecule has 4 rings (SSSR count). The first-order valence-electron chi connectivity index (χ1n) is 8.64. The van der Waals surface area contributed by atoms with Gasteiger partial charge in [0.25, 0.3) is 0 Å². The van der Waals surface area contributed by atoms with E-state index in [1.807, 2.05) is 0 Å². The van der Waals surface area contributed by atoms with Gasteiger partial charge in [-0.3, -0.25) is 24.2 Å². The molecule has 4 amide bonds. The Hall–Kier alpha value is -2.48. The predicted octanol–water partition coefficient (Wildman–Crippen LogP) is 2.60. The summed E-state index contributed by atoms with van der Waals surface area (Å²) < 4.78 is 6.69. The molecule has 2 heterocycles. The van der Waals surface area contributed by atoms with Gasteiger partial charge >= 0.3 is 6.03 Å². The van der Waals surface area contributed by atoms with Crippen molar-refractivity contribution in [3.05, 3.63) is 39.6 Å². The molecule has 1 saturated heterocycles. The maximum atomic E-state index is 12.9. The highest BCUT2D eigenvalue weighted by Gasteiger charge is 2.51. The Morgan fingerprint density at radius 1 is 1.00 bits per heavy atom. The van der Waals surface area contributed by atoms with Gasteiger partial charge in [0, 0.05) is 48.5 Å². The summed E-state index contributed by atoms with van der Waals surface area (Å²) in [6, 6.07) is 4.65. The molecule has 0 aromatic heterocycles. The molecule has 1 aromatic carbocycles. The van der Waals surface area contributed by atoms with Crippen LogP contribution in [0.3, 0.4) is 0 Å². The van der Waals surface area contributed by atoms with Gasteiger partial charge in [-0.25, -0.2) is 4.79 Å². The maximum absolute atomic E-state index is 12.9. The number of ketones is 1. The van der Waals surface area contributed by atoms with Gasteiger partial charge in [0.05, 0.1) is 0 Å². The molecule has 0 radical (unpaired) electrons. The zero-order chi connectivity index (χ0) is 19.5. The number of rotatable bonds is 1. The molecule has 1 atom stereocenters. The lowest BCUT2D eigenvalue weighted by Gasteiger charge is -2.40. The molecule has 140 valence electrons. The van der Waals surface area contributed by atoms with E-state index >= 15 is 0 Å². The van der Waals surface area contributed by atoms with Crippen LogP contribution in [0.25, 0.3) is 0 Å². The molecule has 1 unspecified atom stereocenters. The van der Waals surface area contributed by atoms with E-state index in [-0.39, 0.29) is 5.78 Å². The van der Waals surface area contributed by atoms with Crippen LogP contribution in [-0.4, -0.2) is 47.5 Å². The van der Waals surface area contributed by atoms with Gasteiger partial charge in [-0.05, 0) is 24.6 Å². The van der Waals surface area contributed by atoms with Crippen molar-refractivity contribution in [1.82, 2.24) is 9.80 Å². The Balaban J connectivity index is 1.93. The van der Waals surface area contributed by atoms with Crippen molar-refractivity contribution in [2.75, 3.05) is 14.1 Å². The van der Waals surface area contributed by atoms with Crippen LogP contribution in [0.4, 0.5) is 4.79 Å². The van der Waals surface area contributed by atoms with Crippen molar-refractivity contribution in [3.8, 4) is 5.75 Å². The van der Waals surface area contributed by atoms with E-state index < -0.39 is 29.7 Å². The second kappa shape index (κ2) is 6.30. The third kappa shape index (κ3) is 2.62. The van der Waals surface area contributed by atoms with Crippen LogP contribution in [0.5, 0.6) is 5.75 Å². The van der Waals surface area contributed by atoms with Gasteiger partial charge in [0.15, 0.2) is 5.78 Å². The third-order valence-corrected chi connectivity index (χ3v) is 5.85. The van der Waals surface area contributed by atoms with Gasteiger partial charge < -0.3 is 4.74 Å². The quantitative estimate of drug-likeness (QED) is 0.636. The van der Waals surface area contributed by atoms with Crippen molar-refractivity contribution in [1.29, 1.82) is 0 Å². The molecule has 0 spiro atoms. The highest BCUT2D eigenvalue weighted by Crippen LogP contribution is 2.48. The SMILES string of the molecule is CN1C(=O)C(C2C3=C(CCCC3=O)Oc3ccc(Br)cc32)C(=O)N(C)C1=O. The third-order valence-electron chi connectivity index (χ3n) is 5.36. The largest absolute Gasteiger partial charge is 0.461 e. The number of amides is 4. The number of carbonyl (C=O) groups excluding carboxylic acids is 4. The van der Waals surface area contributed by atoms with E-state index in [4.69, 9.17) is 4.74 Å². The molecule has 7 nitrogen and oxygen atoms in total. The van der Waals surface area contributed by atoms with E-state index in [0.717, 1.165) is 14.3 Å². The highest BCUT2D eigenvalue weighted by atomic mass is 79.9. The van der Waals surface area contributed by atoms with E-state index in [9.17, 15) is 19.2 Å². The molecule has 2 aliphatic heterocycles. The van der Waals surface area contributed by atoms with Crippen LogP contribution >= 0.6 is 15.9 Å². The molecule has 3 aliphatic rings. The lowest BCUT2D eigenvalue weighted by Crippen LogP contribution is -2.58. The number of allylic oxidation sites excluding steroid dienone is 2. The van der Waals surface area contributed by atoms with Gasteiger partial charge in [-0.2, -0.15) is 0 Å². The van der Waals surface area contributed by atoms with Crippen molar-refractivity contribution in [2.24, 2.45) is 5.92 Å². The van der Waals surface area contributed by atoms with Gasteiger partial charge in [-0.1, -0.05) is 15.9 Å². The molecule has 27 heavy (non-hydrogen) atoms. The van der Waals surface area contributed by atoms with E-state index in [1.54, 1.807) is 18.2 Å². The number of Topliss-reactive ketones (excluding diaryl/α,β-unsaturated/α-hetero) is 1. The van der Waals surface area contributed by atoms with Crippen LogP contribution in [0.1, 0.15) is 30.7 Å². The summed E-state index contributed by atoms with van der Waals surface area (Å²) in [5.74, 6) is -2.23. The molecule has 1 aliphatic carbocycles. The fourth-order valence-electron chi connectivity index (χ4n) is 4.00. The van der Waals surface area contributed by atoms with Crippen LogP contribution in [-0.2, 0) is 14.4 Å². The summed E-state index contributed by atoms with van der Waals surface area (Å²) in [7, 11) is 2.69. The van der Waals surface area contributed by atoms with Gasteiger partial charge in [0.1, 0.15) is 17.4 Å². The number of barbiturate groups is 1. The average molecular weight is 433 g/mol.